The molecule has 0 saturated heterocycles. The first-order valence-electron chi connectivity index (χ1n) is 7.37. The van der Waals surface area contributed by atoms with Gasteiger partial charge in [-0.15, -0.1) is 0 Å². The van der Waals surface area contributed by atoms with E-state index in [2.05, 4.69) is 4.98 Å². The first-order valence-corrected chi connectivity index (χ1v) is 7.37. The summed E-state index contributed by atoms with van der Waals surface area (Å²) >= 11 is 0. The Bertz CT molecular complexity index is 647. The number of benzene rings is 1. The summed E-state index contributed by atoms with van der Waals surface area (Å²) in [4.78, 5) is 4.19. The van der Waals surface area contributed by atoms with Crippen molar-refractivity contribution >= 4 is 0 Å². The molecule has 0 aliphatic carbocycles. The highest BCUT2D eigenvalue weighted by atomic mass is 19.3. The van der Waals surface area contributed by atoms with Crippen molar-refractivity contribution in [1.82, 2.24) is 4.98 Å². The fourth-order valence-corrected chi connectivity index (χ4v) is 2.28. The van der Waals surface area contributed by atoms with Gasteiger partial charge in [-0.25, -0.2) is 13.2 Å². The molecular formula is C18H20F3N. The second kappa shape index (κ2) is 6.51. The van der Waals surface area contributed by atoms with E-state index in [4.69, 9.17) is 0 Å². The SMILES string of the molecule is Cc1ccnc(-c2cccc(CC[C@@H](C)C(C)(F)F)c2F)c1. The van der Waals surface area contributed by atoms with E-state index in [9.17, 15) is 13.2 Å². The highest BCUT2D eigenvalue weighted by Gasteiger charge is 2.29. The van der Waals surface area contributed by atoms with Gasteiger partial charge in [-0.05, 0) is 56.0 Å². The van der Waals surface area contributed by atoms with Crippen molar-refractivity contribution in [3.63, 3.8) is 0 Å². The number of hydrogen-bond acceptors (Lipinski definition) is 1. The van der Waals surface area contributed by atoms with Crippen LogP contribution in [0.1, 0.15) is 31.4 Å². The molecule has 1 nitrogen and oxygen atoms in total. The lowest BCUT2D eigenvalue weighted by Crippen LogP contribution is -2.22. The lowest BCUT2D eigenvalue weighted by Gasteiger charge is -2.19. The quantitative estimate of drug-likeness (QED) is 0.718. The zero-order valence-electron chi connectivity index (χ0n) is 13.0. The normalized spacial score (nSPS) is 13.2. The fourth-order valence-electron chi connectivity index (χ4n) is 2.28. The maximum Gasteiger partial charge on any atom is 0.247 e. The van der Waals surface area contributed by atoms with Crippen molar-refractivity contribution in [3.05, 3.63) is 53.5 Å². The molecule has 2 aromatic rings. The highest BCUT2D eigenvalue weighted by Crippen LogP contribution is 2.29. The van der Waals surface area contributed by atoms with E-state index in [0.29, 0.717) is 16.8 Å². The zero-order valence-corrected chi connectivity index (χ0v) is 13.0. The summed E-state index contributed by atoms with van der Waals surface area (Å²) < 4.78 is 41.0. The van der Waals surface area contributed by atoms with Gasteiger partial charge in [0.15, 0.2) is 0 Å². The Morgan fingerprint density at radius 3 is 2.59 bits per heavy atom. The average molecular weight is 307 g/mol. The Kier molecular flexibility index (Phi) is 4.89. The Balaban J connectivity index is 2.23. The zero-order chi connectivity index (χ0) is 16.3. The minimum atomic E-state index is -2.74. The van der Waals surface area contributed by atoms with Crippen LogP contribution in [0.3, 0.4) is 0 Å². The molecule has 0 bridgehead atoms. The molecule has 0 amide bonds. The Morgan fingerprint density at radius 1 is 1.23 bits per heavy atom. The van der Waals surface area contributed by atoms with Gasteiger partial charge in [0.25, 0.3) is 0 Å². The predicted octanol–water partition coefficient (Wildman–Crippen LogP) is 5.42. The first kappa shape index (κ1) is 16.5. The Labute approximate surface area is 129 Å². The molecule has 4 heteroatoms. The maximum atomic E-state index is 14.6. The van der Waals surface area contributed by atoms with E-state index in [1.807, 2.05) is 19.1 Å². The summed E-state index contributed by atoms with van der Waals surface area (Å²) in [5, 5.41) is 0. The minimum Gasteiger partial charge on any atom is -0.256 e. The summed E-state index contributed by atoms with van der Waals surface area (Å²) in [6, 6.07) is 8.71. The minimum absolute atomic E-state index is 0.241. The third-order valence-corrected chi connectivity index (χ3v) is 3.98. The molecule has 118 valence electrons. The van der Waals surface area contributed by atoms with Crippen LogP contribution in [0.4, 0.5) is 13.2 Å². The third-order valence-electron chi connectivity index (χ3n) is 3.98. The van der Waals surface area contributed by atoms with Crippen LogP contribution in [-0.4, -0.2) is 10.9 Å². The molecule has 0 radical (unpaired) electrons. The molecule has 0 unspecified atom stereocenters. The number of nitrogens with zero attached hydrogens (tertiary/aromatic N) is 1. The van der Waals surface area contributed by atoms with Gasteiger partial charge in [0.1, 0.15) is 5.82 Å². The lowest BCUT2D eigenvalue weighted by molar-refractivity contribution is -0.0351. The average Bonchev–Trinajstić information content (AvgIpc) is 2.44. The van der Waals surface area contributed by atoms with Crippen LogP contribution in [0.5, 0.6) is 0 Å². The van der Waals surface area contributed by atoms with Crippen molar-refractivity contribution in [1.29, 1.82) is 0 Å². The van der Waals surface area contributed by atoms with Gasteiger partial charge in [0, 0.05) is 17.7 Å². The summed E-state index contributed by atoms with van der Waals surface area (Å²) in [5.41, 5.74) is 2.43. The number of halogens is 3. The molecule has 2 rings (SSSR count). The second-order valence-electron chi connectivity index (χ2n) is 5.89. The number of hydrogen-bond donors (Lipinski definition) is 0. The van der Waals surface area contributed by atoms with Crippen LogP contribution in [-0.2, 0) is 6.42 Å². The van der Waals surface area contributed by atoms with Crippen LogP contribution < -0.4 is 0 Å². The molecule has 1 aromatic heterocycles. The van der Waals surface area contributed by atoms with Gasteiger partial charge in [0.05, 0.1) is 5.69 Å². The topological polar surface area (TPSA) is 12.9 Å². The molecule has 0 aliphatic rings. The molecule has 1 atom stereocenters. The van der Waals surface area contributed by atoms with E-state index < -0.39 is 11.8 Å². The second-order valence-corrected chi connectivity index (χ2v) is 5.89. The summed E-state index contributed by atoms with van der Waals surface area (Å²) in [7, 11) is 0. The van der Waals surface area contributed by atoms with Gasteiger partial charge in [-0.3, -0.25) is 4.98 Å². The molecule has 0 N–H and O–H groups in total. The highest BCUT2D eigenvalue weighted by molar-refractivity contribution is 5.61. The van der Waals surface area contributed by atoms with Crippen molar-refractivity contribution < 1.29 is 13.2 Å². The molecule has 0 aliphatic heterocycles. The van der Waals surface area contributed by atoms with E-state index in [1.165, 1.54) is 6.92 Å². The third kappa shape index (κ3) is 3.87. The molecule has 1 aromatic carbocycles. The molecule has 0 fully saturated rings. The number of alkyl halides is 2. The molecule has 22 heavy (non-hydrogen) atoms. The maximum absolute atomic E-state index is 14.6. The van der Waals surface area contributed by atoms with Crippen molar-refractivity contribution in [3.8, 4) is 11.3 Å². The van der Waals surface area contributed by atoms with Crippen LogP contribution in [0.25, 0.3) is 11.3 Å². The largest absolute Gasteiger partial charge is 0.256 e. The van der Waals surface area contributed by atoms with E-state index in [0.717, 1.165) is 12.5 Å². The fraction of sp³-hybridized carbons (Fsp3) is 0.389. The van der Waals surface area contributed by atoms with E-state index >= 15 is 0 Å². The summed E-state index contributed by atoms with van der Waals surface area (Å²) in [6.45, 7) is 4.31. The smallest absolute Gasteiger partial charge is 0.247 e. The first-order chi connectivity index (χ1) is 10.3. The van der Waals surface area contributed by atoms with E-state index in [1.54, 1.807) is 24.4 Å². The Morgan fingerprint density at radius 2 is 1.95 bits per heavy atom. The number of aromatic nitrogens is 1. The van der Waals surface area contributed by atoms with E-state index in [-0.39, 0.29) is 18.7 Å². The van der Waals surface area contributed by atoms with Crippen LogP contribution >= 0.6 is 0 Å². The number of aryl methyl sites for hydroxylation is 2. The van der Waals surface area contributed by atoms with Gasteiger partial charge >= 0.3 is 0 Å². The number of pyridine rings is 1. The lowest BCUT2D eigenvalue weighted by atomic mass is 9.94. The monoisotopic (exact) mass is 307 g/mol. The summed E-state index contributed by atoms with van der Waals surface area (Å²) in [6.07, 6.45) is 2.16. The van der Waals surface area contributed by atoms with Gasteiger partial charge in [0.2, 0.25) is 5.92 Å². The van der Waals surface area contributed by atoms with Gasteiger partial charge in [-0.1, -0.05) is 19.1 Å². The summed E-state index contributed by atoms with van der Waals surface area (Å²) in [5.74, 6) is -3.90. The number of rotatable bonds is 5. The van der Waals surface area contributed by atoms with Gasteiger partial charge in [-0.2, -0.15) is 0 Å². The predicted molar refractivity (Wildman–Crippen MR) is 82.5 cm³/mol. The molecular weight excluding hydrogens is 287 g/mol. The van der Waals surface area contributed by atoms with Crippen molar-refractivity contribution in [2.75, 3.05) is 0 Å². The van der Waals surface area contributed by atoms with Gasteiger partial charge < -0.3 is 0 Å². The molecule has 1 heterocycles. The van der Waals surface area contributed by atoms with Crippen LogP contribution in [0.15, 0.2) is 36.5 Å². The standard InChI is InChI=1S/C18H20F3N/c1-12-9-10-22-16(11-12)15-6-4-5-14(17(15)19)8-7-13(2)18(3,20)21/h4-6,9-11,13H,7-8H2,1-3H3/t13-/m1/s1. The van der Waals surface area contributed by atoms with Crippen LogP contribution in [0.2, 0.25) is 0 Å². The molecule has 0 spiro atoms. The van der Waals surface area contributed by atoms with Crippen LogP contribution in [0, 0.1) is 18.7 Å². The van der Waals surface area contributed by atoms with Crippen molar-refractivity contribution in [2.24, 2.45) is 5.92 Å². The molecule has 0 saturated carbocycles. The van der Waals surface area contributed by atoms with Crippen molar-refractivity contribution in [2.45, 2.75) is 39.5 Å². The Hall–Kier alpha value is -1.84.